The highest BCUT2D eigenvalue weighted by atomic mass is 16.5. The van der Waals surface area contributed by atoms with E-state index in [1.807, 2.05) is 18.2 Å². The molecule has 3 heteroatoms. The molecule has 0 aromatic heterocycles. The first-order chi connectivity index (χ1) is 8.83. The maximum Gasteiger partial charge on any atom is 0.319 e. The standard InChI is InChI=1S/C15H23NO2/c1-2-3-12-18-15(17)13-16-11-7-10-14-8-5-4-6-9-14/h4-6,8-9,16H,2-3,7,10-13H2,1H3. The summed E-state index contributed by atoms with van der Waals surface area (Å²) in [5, 5.41) is 3.11. The maximum atomic E-state index is 11.3. The van der Waals surface area contributed by atoms with Gasteiger partial charge in [-0.25, -0.2) is 0 Å². The molecule has 0 unspecified atom stereocenters. The third kappa shape index (κ3) is 7.07. The fourth-order valence-electron chi connectivity index (χ4n) is 1.63. The van der Waals surface area contributed by atoms with Crippen LogP contribution in [0.15, 0.2) is 30.3 Å². The van der Waals surface area contributed by atoms with Gasteiger partial charge in [-0.05, 0) is 31.4 Å². The predicted octanol–water partition coefficient (Wildman–Crippen LogP) is 2.55. The summed E-state index contributed by atoms with van der Waals surface area (Å²) in [6.45, 7) is 3.78. The van der Waals surface area contributed by atoms with Gasteiger partial charge in [0.1, 0.15) is 0 Å². The second-order valence-electron chi connectivity index (χ2n) is 4.34. The lowest BCUT2D eigenvalue weighted by atomic mass is 10.1. The molecule has 100 valence electrons. The molecule has 0 aliphatic heterocycles. The topological polar surface area (TPSA) is 38.3 Å². The van der Waals surface area contributed by atoms with Crippen LogP contribution < -0.4 is 5.32 Å². The number of hydrogen-bond donors (Lipinski definition) is 1. The van der Waals surface area contributed by atoms with E-state index in [-0.39, 0.29) is 5.97 Å². The number of unbranched alkanes of at least 4 members (excludes halogenated alkanes) is 1. The fraction of sp³-hybridized carbons (Fsp3) is 0.533. The number of esters is 1. The molecule has 0 atom stereocenters. The van der Waals surface area contributed by atoms with E-state index >= 15 is 0 Å². The van der Waals surface area contributed by atoms with Crippen molar-refractivity contribution >= 4 is 5.97 Å². The van der Waals surface area contributed by atoms with Crippen LogP contribution in [0.25, 0.3) is 0 Å². The van der Waals surface area contributed by atoms with Crippen LogP contribution in [0.2, 0.25) is 0 Å². The first-order valence-electron chi connectivity index (χ1n) is 6.73. The first-order valence-corrected chi connectivity index (χ1v) is 6.73. The number of aryl methyl sites for hydroxylation is 1. The summed E-state index contributed by atoms with van der Waals surface area (Å²) in [6.07, 6.45) is 4.07. The van der Waals surface area contributed by atoms with Crippen LogP contribution >= 0.6 is 0 Å². The zero-order chi connectivity index (χ0) is 13.1. The van der Waals surface area contributed by atoms with Gasteiger partial charge in [0.15, 0.2) is 0 Å². The fourth-order valence-corrected chi connectivity index (χ4v) is 1.63. The lowest BCUT2D eigenvalue weighted by Gasteiger charge is -2.05. The molecule has 0 fully saturated rings. The molecule has 0 aliphatic carbocycles. The number of hydrogen-bond acceptors (Lipinski definition) is 3. The molecule has 0 radical (unpaired) electrons. The van der Waals surface area contributed by atoms with Gasteiger partial charge in [0.2, 0.25) is 0 Å². The molecule has 0 spiro atoms. The quantitative estimate of drug-likeness (QED) is 0.540. The lowest BCUT2D eigenvalue weighted by molar-refractivity contribution is -0.142. The molecule has 3 nitrogen and oxygen atoms in total. The smallest absolute Gasteiger partial charge is 0.319 e. The normalized spacial score (nSPS) is 10.3. The minimum atomic E-state index is -0.150. The van der Waals surface area contributed by atoms with Crippen LogP contribution in [0.5, 0.6) is 0 Å². The molecule has 0 amide bonds. The molecule has 0 aliphatic rings. The Morgan fingerprint density at radius 1 is 1.22 bits per heavy atom. The number of carbonyl (C=O) groups is 1. The zero-order valence-electron chi connectivity index (χ0n) is 11.2. The molecule has 0 bridgehead atoms. The Morgan fingerprint density at radius 2 is 2.00 bits per heavy atom. The Bertz CT molecular complexity index is 325. The van der Waals surface area contributed by atoms with Gasteiger partial charge < -0.3 is 10.1 Å². The van der Waals surface area contributed by atoms with Gasteiger partial charge in [-0.15, -0.1) is 0 Å². The van der Waals surface area contributed by atoms with E-state index in [0.29, 0.717) is 13.2 Å². The van der Waals surface area contributed by atoms with Gasteiger partial charge in [-0.2, -0.15) is 0 Å². The van der Waals surface area contributed by atoms with Gasteiger partial charge >= 0.3 is 5.97 Å². The highest BCUT2D eigenvalue weighted by Gasteiger charge is 2.00. The number of rotatable bonds is 9. The van der Waals surface area contributed by atoms with Gasteiger partial charge in [-0.3, -0.25) is 4.79 Å². The summed E-state index contributed by atoms with van der Waals surface area (Å²) in [5.74, 6) is -0.150. The highest BCUT2D eigenvalue weighted by Crippen LogP contribution is 2.01. The Balaban J connectivity index is 1.97. The Hall–Kier alpha value is -1.35. The SMILES string of the molecule is CCCCOC(=O)CNCCCc1ccccc1. The van der Waals surface area contributed by atoms with Crippen LogP contribution in [-0.2, 0) is 16.0 Å². The minimum absolute atomic E-state index is 0.150. The molecule has 1 rings (SSSR count). The van der Waals surface area contributed by atoms with Crippen molar-refractivity contribution in [2.75, 3.05) is 19.7 Å². The molecule has 1 N–H and O–H groups in total. The largest absolute Gasteiger partial charge is 0.465 e. The van der Waals surface area contributed by atoms with Crippen molar-refractivity contribution in [1.29, 1.82) is 0 Å². The molecule has 18 heavy (non-hydrogen) atoms. The Morgan fingerprint density at radius 3 is 2.72 bits per heavy atom. The van der Waals surface area contributed by atoms with Crippen molar-refractivity contribution in [2.24, 2.45) is 0 Å². The van der Waals surface area contributed by atoms with Crippen molar-refractivity contribution in [3.8, 4) is 0 Å². The number of carbonyl (C=O) groups excluding carboxylic acids is 1. The molecule has 0 saturated carbocycles. The summed E-state index contributed by atoms with van der Waals surface area (Å²) in [7, 11) is 0. The van der Waals surface area contributed by atoms with E-state index < -0.39 is 0 Å². The van der Waals surface area contributed by atoms with E-state index in [1.165, 1.54) is 5.56 Å². The summed E-state index contributed by atoms with van der Waals surface area (Å²) in [4.78, 5) is 11.3. The van der Waals surface area contributed by atoms with Crippen LogP contribution in [0, 0.1) is 0 Å². The highest BCUT2D eigenvalue weighted by molar-refractivity contribution is 5.71. The summed E-state index contributed by atoms with van der Waals surface area (Å²) in [5.41, 5.74) is 1.34. The van der Waals surface area contributed by atoms with E-state index in [9.17, 15) is 4.79 Å². The summed E-state index contributed by atoms with van der Waals surface area (Å²) in [6, 6.07) is 10.4. The zero-order valence-corrected chi connectivity index (χ0v) is 11.2. The second-order valence-corrected chi connectivity index (χ2v) is 4.34. The summed E-state index contributed by atoms with van der Waals surface area (Å²) >= 11 is 0. The van der Waals surface area contributed by atoms with Gasteiger partial charge in [0.05, 0.1) is 13.2 Å². The van der Waals surface area contributed by atoms with Gasteiger partial charge in [-0.1, -0.05) is 43.7 Å². The van der Waals surface area contributed by atoms with Crippen LogP contribution in [0.1, 0.15) is 31.7 Å². The maximum absolute atomic E-state index is 11.3. The van der Waals surface area contributed by atoms with Crippen LogP contribution in [0.3, 0.4) is 0 Å². The second kappa shape index (κ2) is 9.66. The average molecular weight is 249 g/mol. The van der Waals surface area contributed by atoms with Gasteiger partial charge in [0.25, 0.3) is 0 Å². The summed E-state index contributed by atoms with van der Waals surface area (Å²) < 4.78 is 5.05. The van der Waals surface area contributed by atoms with Crippen LogP contribution in [0.4, 0.5) is 0 Å². The monoisotopic (exact) mass is 249 g/mol. The Kier molecular flexibility index (Phi) is 7.89. The van der Waals surface area contributed by atoms with E-state index in [1.54, 1.807) is 0 Å². The van der Waals surface area contributed by atoms with Crippen LogP contribution in [-0.4, -0.2) is 25.7 Å². The molecular weight excluding hydrogens is 226 g/mol. The third-order valence-corrected chi connectivity index (χ3v) is 2.69. The van der Waals surface area contributed by atoms with E-state index in [0.717, 1.165) is 32.2 Å². The molecule has 0 heterocycles. The average Bonchev–Trinajstić information content (AvgIpc) is 2.40. The minimum Gasteiger partial charge on any atom is -0.465 e. The lowest BCUT2D eigenvalue weighted by Crippen LogP contribution is -2.26. The molecule has 0 saturated heterocycles. The van der Waals surface area contributed by atoms with Crippen molar-refractivity contribution in [3.05, 3.63) is 35.9 Å². The molecule has 1 aromatic carbocycles. The number of ether oxygens (including phenoxy) is 1. The molecule has 1 aromatic rings. The van der Waals surface area contributed by atoms with E-state index in [4.69, 9.17) is 4.74 Å². The number of benzene rings is 1. The Labute approximate surface area is 110 Å². The van der Waals surface area contributed by atoms with E-state index in [2.05, 4.69) is 24.4 Å². The van der Waals surface area contributed by atoms with Crippen molar-refractivity contribution in [2.45, 2.75) is 32.6 Å². The van der Waals surface area contributed by atoms with Crippen molar-refractivity contribution in [3.63, 3.8) is 0 Å². The molecular formula is C15H23NO2. The van der Waals surface area contributed by atoms with Crippen molar-refractivity contribution in [1.82, 2.24) is 5.32 Å². The number of nitrogens with one attached hydrogen (secondary N) is 1. The third-order valence-electron chi connectivity index (χ3n) is 2.69. The van der Waals surface area contributed by atoms with Gasteiger partial charge in [0, 0.05) is 0 Å². The van der Waals surface area contributed by atoms with Crippen molar-refractivity contribution < 1.29 is 9.53 Å². The predicted molar refractivity (Wildman–Crippen MR) is 73.5 cm³/mol. The first kappa shape index (κ1) is 14.7.